The van der Waals surface area contributed by atoms with Gasteiger partial charge in [0.1, 0.15) is 0 Å². The summed E-state index contributed by atoms with van der Waals surface area (Å²) >= 11 is 0. The van der Waals surface area contributed by atoms with Crippen molar-refractivity contribution in [3.05, 3.63) is 11.6 Å². The molecule has 4 aliphatic rings. The molecule has 150 valence electrons. The van der Waals surface area contributed by atoms with Crippen LogP contribution in [0, 0.1) is 28.6 Å². The van der Waals surface area contributed by atoms with Gasteiger partial charge in [-0.3, -0.25) is 0 Å². The lowest BCUT2D eigenvalue weighted by molar-refractivity contribution is -0.142. The van der Waals surface area contributed by atoms with Crippen LogP contribution in [0.25, 0.3) is 0 Å². The van der Waals surface area contributed by atoms with Crippen LogP contribution in [0.3, 0.4) is 0 Å². The molecule has 0 heterocycles. The van der Waals surface area contributed by atoms with E-state index in [2.05, 4.69) is 32.0 Å². The molecule has 2 N–H and O–H groups in total. The fourth-order valence-corrected chi connectivity index (χ4v) is 7.06. The number of rotatable bonds is 3. The number of oxime groups is 1. The Labute approximate surface area is 161 Å². The molecule has 4 aliphatic carbocycles. The molecule has 0 aromatic heterocycles. The summed E-state index contributed by atoms with van der Waals surface area (Å²) in [5.74, 6) is 1.04. The van der Waals surface area contributed by atoms with E-state index in [1.54, 1.807) is 0 Å². The minimum Gasteiger partial charge on any atom is -0.479 e. The number of aliphatic hydroxyl groups is 1. The molecule has 6 atom stereocenters. The van der Waals surface area contributed by atoms with E-state index in [9.17, 15) is 9.90 Å². The van der Waals surface area contributed by atoms with E-state index < -0.39 is 11.6 Å². The molecule has 0 radical (unpaired) electrons. The van der Waals surface area contributed by atoms with E-state index in [0.29, 0.717) is 17.8 Å². The van der Waals surface area contributed by atoms with Gasteiger partial charge in [-0.15, -0.1) is 0 Å². The Hall–Kier alpha value is -1.36. The van der Waals surface area contributed by atoms with Gasteiger partial charge in [-0.25, -0.2) is 4.79 Å². The molecule has 0 bridgehead atoms. The number of allylic oxidation sites excluding steroid dienone is 2. The van der Waals surface area contributed by atoms with E-state index in [4.69, 9.17) is 9.94 Å². The fraction of sp³-hybridized carbons (Fsp3) is 0.818. The summed E-state index contributed by atoms with van der Waals surface area (Å²) in [5.41, 5.74) is 2.11. The predicted molar refractivity (Wildman–Crippen MR) is 103 cm³/mol. The number of carboxylic acids is 1. The molecule has 5 heteroatoms. The fourth-order valence-electron chi connectivity index (χ4n) is 7.06. The highest BCUT2D eigenvalue weighted by Crippen LogP contribution is 2.67. The van der Waals surface area contributed by atoms with Gasteiger partial charge in [-0.1, -0.05) is 24.6 Å². The summed E-state index contributed by atoms with van der Waals surface area (Å²) in [4.78, 5) is 15.6. The molecule has 0 amide bonds. The molecule has 0 saturated heterocycles. The lowest BCUT2D eigenvalue weighted by atomic mass is 9.46. The van der Waals surface area contributed by atoms with Gasteiger partial charge in [-0.05, 0) is 93.0 Å². The number of carbonyl (C=O) groups is 1. The van der Waals surface area contributed by atoms with Crippen molar-refractivity contribution >= 4 is 11.7 Å². The molecule has 0 aromatic carbocycles. The number of hydrogen-bond acceptors (Lipinski definition) is 4. The van der Waals surface area contributed by atoms with Crippen LogP contribution < -0.4 is 0 Å². The minimum atomic E-state index is -0.995. The summed E-state index contributed by atoms with van der Waals surface area (Å²) in [7, 11) is 0. The van der Waals surface area contributed by atoms with Crippen LogP contribution in [-0.4, -0.2) is 34.1 Å². The average molecular weight is 376 g/mol. The van der Waals surface area contributed by atoms with Crippen molar-refractivity contribution in [2.45, 2.75) is 77.7 Å². The highest BCUT2D eigenvalue weighted by molar-refractivity contribution is 5.96. The number of nitrogens with zero attached hydrogens (tertiary/aromatic N) is 1. The monoisotopic (exact) mass is 375 g/mol. The smallest absolute Gasteiger partial charge is 0.344 e. The molecule has 0 spiro atoms. The first-order valence-corrected chi connectivity index (χ1v) is 10.5. The van der Waals surface area contributed by atoms with E-state index >= 15 is 0 Å². The highest BCUT2D eigenvalue weighted by Gasteiger charge is 2.62. The molecule has 0 unspecified atom stereocenters. The van der Waals surface area contributed by atoms with Gasteiger partial charge in [0.05, 0.1) is 11.3 Å². The molecule has 4 rings (SSSR count). The molecule has 3 saturated carbocycles. The minimum absolute atomic E-state index is 0.0672. The standard InChI is InChI=1S/C22H33NO4/c1-20-9-6-15(23-27-13-19(24)25)12-14(20)4-5-16-17(20)7-10-21(2)18(16)8-11-22(21,3)26/h12,16-18,26H,4-11,13H2,1-3H3,(H,24,25)/b23-15-/t16-,17+,18-,20+,21-,22+/m1/s1. The predicted octanol–water partition coefficient (Wildman–Crippen LogP) is 4.16. The second-order valence-corrected chi connectivity index (χ2v) is 10.0. The van der Waals surface area contributed by atoms with Crippen molar-refractivity contribution in [2.75, 3.05) is 6.61 Å². The van der Waals surface area contributed by atoms with Gasteiger partial charge in [-0.2, -0.15) is 0 Å². The summed E-state index contributed by atoms with van der Waals surface area (Å²) in [6, 6.07) is 0. The zero-order valence-corrected chi connectivity index (χ0v) is 16.8. The van der Waals surface area contributed by atoms with Gasteiger partial charge in [0.2, 0.25) is 6.61 Å². The molecule has 0 aliphatic heterocycles. The Morgan fingerprint density at radius 1 is 1.15 bits per heavy atom. The van der Waals surface area contributed by atoms with Crippen molar-refractivity contribution in [2.24, 2.45) is 33.7 Å². The first kappa shape index (κ1) is 19.0. The SMILES string of the molecule is C[C@]12CC/C(=N/OCC(=O)O)C=C1CC[C@H]1[C@H]3CC[C@](C)(O)[C@]3(C)CC[C@@H]12. The summed E-state index contributed by atoms with van der Waals surface area (Å²) in [6.45, 7) is 6.44. The van der Waals surface area contributed by atoms with Crippen molar-refractivity contribution in [3.8, 4) is 0 Å². The van der Waals surface area contributed by atoms with Gasteiger partial charge >= 0.3 is 5.97 Å². The van der Waals surface area contributed by atoms with Crippen LogP contribution in [-0.2, 0) is 9.63 Å². The lowest BCUT2D eigenvalue weighted by Crippen LogP contribution is -2.53. The van der Waals surface area contributed by atoms with E-state index in [0.717, 1.165) is 44.2 Å². The van der Waals surface area contributed by atoms with Crippen molar-refractivity contribution in [3.63, 3.8) is 0 Å². The van der Waals surface area contributed by atoms with Crippen molar-refractivity contribution in [1.29, 1.82) is 0 Å². The Balaban J connectivity index is 1.56. The Morgan fingerprint density at radius 2 is 1.89 bits per heavy atom. The van der Waals surface area contributed by atoms with Crippen molar-refractivity contribution < 1.29 is 19.8 Å². The van der Waals surface area contributed by atoms with E-state index in [-0.39, 0.29) is 17.4 Å². The zero-order chi connectivity index (χ0) is 19.4. The highest BCUT2D eigenvalue weighted by atomic mass is 16.6. The molecular formula is C22H33NO4. The first-order valence-electron chi connectivity index (χ1n) is 10.5. The van der Waals surface area contributed by atoms with Crippen molar-refractivity contribution in [1.82, 2.24) is 0 Å². The topological polar surface area (TPSA) is 79.1 Å². The van der Waals surface area contributed by atoms with Gasteiger partial charge in [0.25, 0.3) is 0 Å². The largest absolute Gasteiger partial charge is 0.479 e. The maximum Gasteiger partial charge on any atom is 0.344 e. The summed E-state index contributed by atoms with van der Waals surface area (Å²) in [6.07, 6.45) is 10.8. The maximum absolute atomic E-state index is 11.0. The van der Waals surface area contributed by atoms with Crippen LogP contribution in [0.5, 0.6) is 0 Å². The number of aliphatic carboxylic acids is 1. The number of fused-ring (bicyclic) bond motifs is 5. The summed E-state index contributed by atoms with van der Waals surface area (Å²) in [5, 5.41) is 23.8. The third kappa shape index (κ3) is 2.84. The second-order valence-electron chi connectivity index (χ2n) is 10.0. The van der Waals surface area contributed by atoms with Gasteiger partial charge in [0, 0.05) is 0 Å². The molecular weight excluding hydrogens is 342 g/mol. The van der Waals surface area contributed by atoms with E-state index in [1.807, 2.05) is 0 Å². The normalized spacial score (nSPS) is 47.6. The quantitative estimate of drug-likeness (QED) is 0.726. The molecule has 3 fully saturated rings. The Bertz CT molecular complexity index is 696. The Kier molecular flexibility index (Phi) is 4.45. The third-order valence-electron chi connectivity index (χ3n) is 8.91. The molecule has 5 nitrogen and oxygen atoms in total. The van der Waals surface area contributed by atoms with Crippen LogP contribution in [0.2, 0.25) is 0 Å². The van der Waals surface area contributed by atoms with Gasteiger partial charge < -0.3 is 15.1 Å². The molecule has 0 aromatic rings. The van der Waals surface area contributed by atoms with E-state index in [1.165, 1.54) is 18.4 Å². The van der Waals surface area contributed by atoms with Crippen LogP contribution in [0.15, 0.2) is 16.8 Å². The molecule has 27 heavy (non-hydrogen) atoms. The number of hydrogen-bond donors (Lipinski definition) is 2. The van der Waals surface area contributed by atoms with Crippen LogP contribution in [0.4, 0.5) is 0 Å². The summed E-state index contributed by atoms with van der Waals surface area (Å²) < 4.78 is 0. The van der Waals surface area contributed by atoms with Gasteiger partial charge in [0.15, 0.2) is 0 Å². The van der Waals surface area contributed by atoms with Crippen LogP contribution in [0.1, 0.15) is 72.1 Å². The third-order valence-corrected chi connectivity index (χ3v) is 8.91. The maximum atomic E-state index is 11.0. The van der Waals surface area contributed by atoms with Crippen LogP contribution >= 0.6 is 0 Å². The lowest BCUT2D eigenvalue weighted by Gasteiger charge is -2.59. The first-order chi connectivity index (χ1) is 12.7. The Morgan fingerprint density at radius 3 is 2.63 bits per heavy atom. The second kappa shape index (κ2) is 6.33. The number of carboxylic acid groups (broad SMARTS) is 1. The zero-order valence-electron chi connectivity index (χ0n) is 16.8. The average Bonchev–Trinajstić information content (AvgIpc) is 2.84.